The number of nitrogens with two attached hydrogens (primary N) is 1. The predicted molar refractivity (Wildman–Crippen MR) is 73.9 cm³/mol. The van der Waals surface area contributed by atoms with Crippen LogP contribution in [-0.2, 0) is 6.54 Å². The summed E-state index contributed by atoms with van der Waals surface area (Å²) in [5.74, 6) is 1.51. The number of furan rings is 1. The normalized spacial score (nSPS) is 10.8. The molecule has 0 fully saturated rings. The maximum Gasteiger partial charge on any atom is 0.153 e. The van der Waals surface area contributed by atoms with Crippen molar-refractivity contribution in [3.05, 3.63) is 48.2 Å². The average molecular weight is 254 g/mol. The minimum Gasteiger partial charge on any atom is -0.497 e. The van der Waals surface area contributed by atoms with Crippen LogP contribution in [0.15, 0.2) is 47.0 Å². The Balaban J connectivity index is 2.09. The summed E-state index contributed by atoms with van der Waals surface area (Å²) in [6, 6.07) is 11.5. The van der Waals surface area contributed by atoms with Crippen LogP contribution in [0.25, 0.3) is 22.4 Å². The number of hydrogen-bond donors (Lipinski definition) is 1. The largest absolute Gasteiger partial charge is 0.497 e. The van der Waals surface area contributed by atoms with Crippen LogP contribution in [0.3, 0.4) is 0 Å². The molecule has 1 aromatic carbocycles. The molecular formula is C15H14N2O2. The number of nitrogens with zero attached hydrogens (tertiary/aromatic N) is 1. The Morgan fingerprint density at radius 1 is 1.21 bits per heavy atom. The average Bonchev–Trinajstić information content (AvgIpc) is 2.90. The Kier molecular flexibility index (Phi) is 2.93. The van der Waals surface area contributed by atoms with Crippen molar-refractivity contribution in [2.75, 3.05) is 7.11 Å². The monoisotopic (exact) mass is 254 g/mol. The summed E-state index contributed by atoms with van der Waals surface area (Å²) in [4.78, 5) is 4.31. The topological polar surface area (TPSA) is 61.3 Å². The molecular weight excluding hydrogens is 240 g/mol. The smallest absolute Gasteiger partial charge is 0.153 e. The molecule has 0 saturated carbocycles. The number of rotatable bonds is 3. The van der Waals surface area contributed by atoms with E-state index in [9.17, 15) is 0 Å². The molecule has 3 rings (SSSR count). The van der Waals surface area contributed by atoms with Crippen molar-refractivity contribution in [3.63, 3.8) is 0 Å². The third-order valence-electron chi connectivity index (χ3n) is 3.04. The molecule has 0 unspecified atom stereocenters. The molecule has 3 aromatic rings. The fraction of sp³-hybridized carbons (Fsp3) is 0.133. The molecule has 0 saturated heterocycles. The SMILES string of the molecule is COc1ccc2cc(-c3cc(CN)ccn3)oc2c1. The van der Waals surface area contributed by atoms with Crippen LogP contribution in [0.1, 0.15) is 5.56 Å². The van der Waals surface area contributed by atoms with Crippen molar-refractivity contribution in [1.82, 2.24) is 4.98 Å². The van der Waals surface area contributed by atoms with Crippen LogP contribution in [0.5, 0.6) is 5.75 Å². The zero-order chi connectivity index (χ0) is 13.2. The Labute approximate surface area is 110 Å². The second kappa shape index (κ2) is 4.74. The molecule has 0 bridgehead atoms. The second-order valence-corrected chi connectivity index (χ2v) is 4.27. The van der Waals surface area contributed by atoms with Crippen molar-refractivity contribution in [3.8, 4) is 17.2 Å². The van der Waals surface area contributed by atoms with Gasteiger partial charge < -0.3 is 14.9 Å². The summed E-state index contributed by atoms with van der Waals surface area (Å²) in [6.45, 7) is 0.490. The molecule has 0 aliphatic heterocycles. The number of aromatic nitrogens is 1. The highest BCUT2D eigenvalue weighted by atomic mass is 16.5. The molecule has 0 aliphatic carbocycles. The van der Waals surface area contributed by atoms with Gasteiger partial charge in [0.1, 0.15) is 17.0 Å². The lowest BCUT2D eigenvalue weighted by Crippen LogP contribution is -1.96. The van der Waals surface area contributed by atoms with Gasteiger partial charge in [0.05, 0.1) is 7.11 Å². The van der Waals surface area contributed by atoms with Gasteiger partial charge in [0, 0.05) is 24.2 Å². The third kappa shape index (κ3) is 2.18. The van der Waals surface area contributed by atoms with Gasteiger partial charge in [-0.25, -0.2) is 0 Å². The fourth-order valence-corrected chi connectivity index (χ4v) is 2.00. The summed E-state index contributed by atoms with van der Waals surface area (Å²) >= 11 is 0. The van der Waals surface area contributed by atoms with E-state index in [1.165, 1.54) is 0 Å². The Morgan fingerprint density at radius 3 is 2.89 bits per heavy atom. The van der Waals surface area contributed by atoms with Gasteiger partial charge in [0.15, 0.2) is 5.76 Å². The lowest BCUT2D eigenvalue weighted by molar-refractivity contribution is 0.414. The van der Waals surface area contributed by atoms with Gasteiger partial charge in [-0.3, -0.25) is 4.98 Å². The molecule has 19 heavy (non-hydrogen) atoms. The molecule has 0 aliphatic rings. The van der Waals surface area contributed by atoms with Gasteiger partial charge in [-0.1, -0.05) is 0 Å². The molecule has 0 amide bonds. The summed E-state index contributed by atoms with van der Waals surface area (Å²) in [5.41, 5.74) is 8.24. The van der Waals surface area contributed by atoms with Crippen molar-refractivity contribution < 1.29 is 9.15 Å². The Morgan fingerprint density at radius 2 is 2.11 bits per heavy atom. The van der Waals surface area contributed by atoms with Crippen molar-refractivity contribution in [2.24, 2.45) is 5.73 Å². The van der Waals surface area contributed by atoms with Crippen molar-refractivity contribution >= 4 is 11.0 Å². The molecule has 96 valence electrons. The molecule has 0 spiro atoms. The number of fused-ring (bicyclic) bond motifs is 1. The second-order valence-electron chi connectivity index (χ2n) is 4.27. The van der Waals surface area contributed by atoms with Crippen LogP contribution < -0.4 is 10.5 Å². The standard InChI is InChI=1S/C15H14N2O2/c1-18-12-3-2-11-7-15(19-14(11)8-12)13-6-10(9-16)4-5-17-13/h2-8H,9,16H2,1H3. The number of methoxy groups -OCH3 is 1. The van der Waals surface area contributed by atoms with Gasteiger partial charge in [-0.15, -0.1) is 0 Å². The third-order valence-corrected chi connectivity index (χ3v) is 3.04. The van der Waals surface area contributed by atoms with E-state index < -0.39 is 0 Å². The van der Waals surface area contributed by atoms with E-state index in [-0.39, 0.29) is 0 Å². The zero-order valence-corrected chi connectivity index (χ0v) is 10.6. The van der Waals surface area contributed by atoms with Gasteiger partial charge >= 0.3 is 0 Å². The summed E-state index contributed by atoms with van der Waals surface area (Å²) in [7, 11) is 1.64. The quantitative estimate of drug-likeness (QED) is 0.780. The Bertz CT molecular complexity index is 719. The van der Waals surface area contributed by atoms with E-state index in [2.05, 4.69) is 4.98 Å². The maximum atomic E-state index is 5.81. The highest BCUT2D eigenvalue weighted by molar-refractivity contribution is 5.83. The van der Waals surface area contributed by atoms with Crippen LogP contribution in [0.4, 0.5) is 0 Å². The molecule has 4 heteroatoms. The van der Waals surface area contributed by atoms with Gasteiger partial charge in [0.25, 0.3) is 0 Å². The lowest BCUT2D eigenvalue weighted by atomic mass is 10.2. The molecule has 2 aromatic heterocycles. The molecule has 0 radical (unpaired) electrons. The Hall–Kier alpha value is -2.33. The minimum atomic E-state index is 0.490. The summed E-state index contributed by atoms with van der Waals surface area (Å²) in [6.07, 6.45) is 1.74. The molecule has 2 heterocycles. The van der Waals surface area contributed by atoms with E-state index in [0.29, 0.717) is 6.54 Å². The first-order chi connectivity index (χ1) is 9.30. The molecule has 0 atom stereocenters. The first-order valence-corrected chi connectivity index (χ1v) is 6.03. The van der Waals surface area contributed by atoms with Crippen molar-refractivity contribution in [2.45, 2.75) is 6.54 Å². The summed E-state index contributed by atoms with van der Waals surface area (Å²) < 4.78 is 11.0. The fourth-order valence-electron chi connectivity index (χ4n) is 2.00. The number of hydrogen-bond acceptors (Lipinski definition) is 4. The van der Waals surface area contributed by atoms with Gasteiger partial charge in [-0.2, -0.15) is 0 Å². The highest BCUT2D eigenvalue weighted by Crippen LogP contribution is 2.29. The van der Waals surface area contributed by atoms with Gasteiger partial charge in [-0.05, 0) is 35.9 Å². The molecule has 2 N–H and O–H groups in total. The van der Waals surface area contributed by atoms with E-state index in [4.69, 9.17) is 14.9 Å². The van der Waals surface area contributed by atoms with E-state index in [1.54, 1.807) is 13.3 Å². The van der Waals surface area contributed by atoms with Crippen LogP contribution in [0.2, 0.25) is 0 Å². The lowest BCUT2D eigenvalue weighted by Gasteiger charge is -1.99. The minimum absolute atomic E-state index is 0.490. The predicted octanol–water partition coefficient (Wildman–Crippen LogP) is 2.96. The number of ether oxygens (including phenoxy) is 1. The van der Waals surface area contributed by atoms with Gasteiger partial charge in [0.2, 0.25) is 0 Å². The van der Waals surface area contributed by atoms with Crippen LogP contribution in [-0.4, -0.2) is 12.1 Å². The van der Waals surface area contributed by atoms with E-state index >= 15 is 0 Å². The number of pyridine rings is 1. The van der Waals surface area contributed by atoms with Crippen LogP contribution >= 0.6 is 0 Å². The summed E-state index contributed by atoms with van der Waals surface area (Å²) in [5, 5.41) is 1.02. The maximum absolute atomic E-state index is 5.81. The molecule has 4 nitrogen and oxygen atoms in total. The van der Waals surface area contributed by atoms with E-state index in [0.717, 1.165) is 33.7 Å². The first kappa shape index (κ1) is 11.7. The zero-order valence-electron chi connectivity index (χ0n) is 10.6. The first-order valence-electron chi connectivity index (χ1n) is 6.03. The highest BCUT2D eigenvalue weighted by Gasteiger charge is 2.08. The van der Waals surface area contributed by atoms with E-state index in [1.807, 2.05) is 36.4 Å². The number of benzene rings is 1. The van der Waals surface area contributed by atoms with Crippen LogP contribution in [0, 0.1) is 0 Å². The van der Waals surface area contributed by atoms with Crippen molar-refractivity contribution in [1.29, 1.82) is 0 Å².